The molecule has 1 N–H and O–H groups in total. The van der Waals surface area contributed by atoms with E-state index in [2.05, 4.69) is 37.5 Å². The fourth-order valence-corrected chi connectivity index (χ4v) is 3.90. The fourth-order valence-electron chi connectivity index (χ4n) is 3.90. The van der Waals surface area contributed by atoms with Crippen LogP contribution in [0.15, 0.2) is 42.6 Å². The Hall–Kier alpha value is -4.29. The van der Waals surface area contributed by atoms with Crippen LogP contribution in [0.4, 0.5) is 19.0 Å². The summed E-state index contributed by atoms with van der Waals surface area (Å²) >= 11 is 0. The first kappa shape index (κ1) is 22.5. The zero-order chi connectivity index (χ0) is 24.7. The molecule has 1 aliphatic heterocycles. The number of anilines is 1. The molecule has 180 valence electrons. The van der Waals surface area contributed by atoms with Crippen molar-refractivity contribution < 1.29 is 22.7 Å². The Labute approximate surface area is 196 Å². The van der Waals surface area contributed by atoms with Gasteiger partial charge in [-0.05, 0) is 37.6 Å². The zero-order valence-electron chi connectivity index (χ0n) is 18.6. The van der Waals surface area contributed by atoms with Crippen molar-refractivity contribution in [3.63, 3.8) is 0 Å². The van der Waals surface area contributed by atoms with E-state index in [1.54, 1.807) is 18.2 Å². The third kappa shape index (κ3) is 4.20. The number of rotatable bonds is 5. The van der Waals surface area contributed by atoms with Gasteiger partial charge in [0.25, 0.3) is 5.91 Å². The van der Waals surface area contributed by atoms with Crippen LogP contribution in [-0.4, -0.2) is 47.5 Å². The number of halogens is 3. The second-order valence-corrected chi connectivity index (χ2v) is 7.94. The molecule has 0 spiro atoms. The van der Waals surface area contributed by atoms with Gasteiger partial charge in [0, 0.05) is 18.7 Å². The second kappa shape index (κ2) is 8.49. The molecule has 0 saturated heterocycles. The predicted octanol–water partition coefficient (Wildman–Crippen LogP) is 3.71. The average molecular weight is 484 g/mol. The van der Waals surface area contributed by atoms with Gasteiger partial charge in [-0.2, -0.15) is 13.2 Å². The number of aryl methyl sites for hydroxylation is 1. The number of pyridine rings is 2. The number of amides is 1. The highest BCUT2D eigenvalue weighted by Crippen LogP contribution is 2.31. The summed E-state index contributed by atoms with van der Waals surface area (Å²) in [6.07, 6.45) is -1.56. The Morgan fingerprint density at radius 2 is 1.94 bits per heavy atom. The Morgan fingerprint density at radius 3 is 2.71 bits per heavy atom. The SMILES string of the molecule is COc1nn(-c2cccc(C(F)(F)F)n2)cc1C(=O)Nc1cccc(-c2nnc3n2[C@@H](C)CC3)n1. The molecule has 4 aromatic rings. The van der Waals surface area contributed by atoms with Crippen molar-refractivity contribution in [2.45, 2.75) is 32.0 Å². The number of ether oxygens (including phenoxy) is 1. The Kier molecular flexibility index (Phi) is 5.46. The number of carbonyl (C=O) groups is 1. The Balaban J connectivity index is 1.42. The predicted molar refractivity (Wildman–Crippen MR) is 117 cm³/mol. The lowest BCUT2D eigenvalue weighted by molar-refractivity contribution is -0.141. The molecule has 0 aromatic carbocycles. The molecule has 0 fully saturated rings. The molecule has 1 atom stereocenters. The third-order valence-electron chi connectivity index (χ3n) is 5.59. The van der Waals surface area contributed by atoms with Crippen LogP contribution in [0, 0.1) is 0 Å². The van der Waals surface area contributed by atoms with E-state index in [9.17, 15) is 18.0 Å². The molecule has 0 radical (unpaired) electrons. The molecule has 35 heavy (non-hydrogen) atoms. The zero-order valence-corrected chi connectivity index (χ0v) is 18.6. The number of hydrogen-bond acceptors (Lipinski definition) is 7. The van der Waals surface area contributed by atoms with Crippen LogP contribution in [0.5, 0.6) is 5.88 Å². The molecule has 13 heteroatoms. The molecular weight excluding hydrogens is 465 g/mol. The van der Waals surface area contributed by atoms with Crippen LogP contribution in [0.1, 0.15) is 41.3 Å². The second-order valence-electron chi connectivity index (χ2n) is 7.94. The Bertz CT molecular complexity index is 1410. The summed E-state index contributed by atoms with van der Waals surface area (Å²) in [7, 11) is 1.30. The molecule has 5 heterocycles. The van der Waals surface area contributed by atoms with E-state index >= 15 is 0 Å². The van der Waals surface area contributed by atoms with E-state index in [-0.39, 0.29) is 29.1 Å². The van der Waals surface area contributed by atoms with E-state index in [0.717, 1.165) is 29.4 Å². The first-order valence-electron chi connectivity index (χ1n) is 10.7. The molecule has 10 nitrogen and oxygen atoms in total. The van der Waals surface area contributed by atoms with Crippen LogP contribution >= 0.6 is 0 Å². The van der Waals surface area contributed by atoms with Crippen molar-refractivity contribution in [3.8, 4) is 23.2 Å². The van der Waals surface area contributed by atoms with Gasteiger partial charge in [0.15, 0.2) is 11.6 Å². The summed E-state index contributed by atoms with van der Waals surface area (Å²) in [6.45, 7) is 2.08. The van der Waals surface area contributed by atoms with Gasteiger partial charge in [0.2, 0.25) is 5.88 Å². The highest BCUT2D eigenvalue weighted by Gasteiger charge is 2.33. The van der Waals surface area contributed by atoms with Crippen LogP contribution in [0.3, 0.4) is 0 Å². The van der Waals surface area contributed by atoms with Crippen molar-refractivity contribution >= 4 is 11.7 Å². The molecule has 5 rings (SSSR count). The molecule has 1 amide bonds. The normalized spacial score (nSPS) is 15.2. The first-order chi connectivity index (χ1) is 16.7. The molecule has 0 aliphatic carbocycles. The number of aromatic nitrogens is 7. The number of alkyl halides is 3. The van der Waals surface area contributed by atoms with E-state index in [0.29, 0.717) is 11.5 Å². The maximum Gasteiger partial charge on any atom is 0.433 e. The van der Waals surface area contributed by atoms with Crippen LogP contribution in [0.25, 0.3) is 17.3 Å². The number of carbonyl (C=O) groups excluding carboxylic acids is 1. The minimum Gasteiger partial charge on any atom is -0.479 e. The quantitative estimate of drug-likeness (QED) is 0.460. The average Bonchev–Trinajstić information content (AvgIpc) is 3.55. The minimum absolute atomic E-state index is 0.00379. The number of methoxy groups -OCH3 is 1. The molecular formula is C22H19F3N8O2. The number of nitrogens with one attached hydrogen (secondary N) is 1. The highest BCUT2D eigenvalue weighted by molar-refractivity contribution is 6.05. The smallest absolute Gasteiger partial charge is 0.433 e. The van der Waals surface area contributed by atoms with Crippen molar-refractivity contribution in [2.24, 2.45) is 0 Å². The standard InChI is InChI=1S/C22H19F3N8O2/c1-12-9-10-18-29-30-19(33(12)18)14-5-3-7-16(26-14)28-20(34)13-11-32(31-21(13)35-2)17-8-4-6-15(27-17)22(23,24)25/h3-8,11-12H,9-10H2,1-2H3,(H,26,28,34)/t12-/m0/s1. The largest absolute Gasteiger partial charge is 0.479 e. The fraction of sp³-hybridized carbons (Fsp3) is 0.273. The number of hydrogen-bond donors (Lipinski definition) is 1. The Morgan fingerprint density at radius 1 is 1.14 bits per heavy atom. The number of nitrogens with zero attached hydrogens (tertiary/aromatic N) is 7. The van der Waals surface area contributed by atoms with Crippen molar-refractivity contribution in [1.82, 2.24) is 34.5 Å². The van der Waals surface area contributed by atoms with Gasteiger partial charge in [-0.3, -0.25) is 4.79 Å². The van der Waals surface area contributed by atoms with Crippen molar-refractivity contribution in [1.29, 1.82) is 0 Å². The number of fused-ring (bicyclic) bond motifs is 1. The molecule has 0 unspecified atom stereocenters. The van der Waals surface area contributed by atoms with Gasteiger partial charge >= 0.3 is 6.18 Å². The van der Waals surface area contributed by atoms with Crippen LogP contribution in [0.2, 0.25) is 0 Å². The highest BCUT2D eigenvalue weighted by atomic mass is 19.4. The summed E-state index contributed by atoms with van der Waals surface area (Å²) in [5.74, 6) is 0.951. The summed E-state index contributed by atoms with van der Waals surface area (Å²) in [5.41, 5.74) is -0.534. The molecule has 0 saturated carbocycles. The molecule has 1 aliphatic rings. The lowest BCUT2D eigenvalue weighted by Gasteiger charge is -2.10. The third-order valence-corrected chi connectivity index (χ3v) is 5.59. The lowest BCUT2D eigenvalue weighted by Crippen LogP contribution is -2.14. The summed E-state index contributed by atoms with van der Waals surface area (Å²) < 4.78 is 47.4. The van der Waals surface area contributed by atoms with E-state index < -0.39 is 17.8 Å². The molecule has 0 bridgehead atoms. The van der Waals surface area contributed by atoms with Crippen LogP contribution in [-0.2, 0) is 12.6 Å². The van der Waals surface area contributed by atoms with Gasteiger partial charge < -0.3 is 14.6 Å². The topological polar surface area (TPSA) is 113 Å². The monoisotopic (exact) mass is 484 g/mol. The van der Waals surface area contributed by atoms with Crippen LogP contribution < -0.4 is 10.1 Å². The van der Waals surface area contributed by atoms with Gasteiger partial charge in [-0.25, -0.2) is 14.6 Å². The maximum atomic E-state index is 13.0. The van der Waals surface area contributed by atoms with Gasteiger partial charge in [0.05, 0.1) is 7.11 Å². The lowest BCUT2D eigenvalue weighted by atomic mass is 10.2. The maximum absolute atomic E-state index is 13.0. The van der Waals surface area contributed by atoms with Gasteiger partial charge in [0.1, 0.15) is 28.6 Å². The summed E-state index contributed by atoms with van der Waals surface area (Å²) in [5, 5.41) is 15.2. The van der Waals surface area contributed by atoms with E-state index in [4.69, 9.17) is 4.74 Å². The minimum atomic E-state index is -4.62. The van der Waals surface area contributed by atoms with Crippen molar-refractivity contribution in [3.05, 3.63) is 59.7 Å². The van der Waals surface area contributed by atoms with Gasteiger partial charge in [-0.15, -0.1) is 15.3 Å². The van der Waals surface area contributed by atoms with E-state index in [1.807, 2.05) is 4.57 Å². The van der Waals surface area contributed by atoms with E-state index in [1.165, 1.54) is 25.4 Å². The first-order valence-corrected chi connectivity index (χ1v) is 10.7. The van der Waals surface area contributed by atoms with Gasteiger partial charge in [-0.1, -0.05) is 12.1 Å². The molecule has 4 aromatic heterocycles. The summed E-state index contributed by atoms with van der Waals surface area (Å²) in [4.78, 5) is 21.1. The van der Waals surface area contributed by atoms with Crippen molar-refractivity contribution in [2.75, 3.05) is 12.4 Å². The summed E-state index contributed by atoms with van der Waals surface area (Å²) in [6, 6.07) is 8.75.